The number of carbonyl (C=O) groups excluding carboxylic acids is 2. The molecule has 7 nitrogen and oxygen atoms in total. The lowest BCUT2D eigenvalue weighted by molar-refractivity contribution is -0.134. The van der Waals surface area contributed by atoms with E-state index in [0.29, 0.717) is 36.2 Å². The number of aliphatic imine (C=N–C) groups is 1. The molecule has 168 valence electrons. The van der Waals surface area contributed by atoms with E-state index >= 15 is 0 Å². The Balaban J connectivity index is 0.00000341. The van der Waals surface area contributed by atoms with Gasteiger partial charge in [-0.3, -0.25) is 9.59 Å². The molecule has 8 heteroatoms. The second kappa shape index (κ2) is 12.5. The molecule has 0 bridgehead atoms. The maximum Gasteiger partial charge on any atom is 0.246 e. The molecule has 2 fully saturated rings. The first kappa shape index (κ1) is 25.0. The minimum absolute atomic E-state index is 0. The van der Waals surface area contributed by atoms with Gasteiger partial charge in [0.15, 0.2) is 5.96 Å². The van der Waals surface area contributed by atoms with Gasteiger partial charge >= 0.3 is 0 Å². The second-order valence-electron chi connectivity index (χ2n) is 7.86. The summed E-state index contributed by atoms with van der Waals surface area (Å²) < 4.78 is 0. The maximum absolute atomic E-state index is 12.6. The van der Waals surface area contributed by atoms with Crippen molar-refractivity contribution in [1.82, 2.24) is 15.5 Å². The number of carbonyl (C=O) groups is 2. The second-order valence-corrected chi connectivity index (χ2v) is 7.86. The third-order valence-corrected chi connectivity index (χ3v) is 5.58. The van der Waals surface area contributed by atoms with Crippen molar-refractivity contribution >= 4 is 47.4 Å². The molecule has 3 rings (SSSR count). The number of benzene rings is 1. The van der Waals surface area contributed by atoms with Gasteiger partial charge in [-0.15, -0.1) is 30.4 Å². The van der Waals surface area contributed by atoms with Gasteiger partial charge in [0.05, 0.1) is 0 Å². The van der Waals surface area contributed by atoms with Crippen LogP contribution in [0.3, 0.4) is 0 Å². The zero-order valence-electron chi connectivity index (χ0n) is 18.0. The Hall–Kier alpha value is -2.28. The largest absolute Gasteiger partial charge is 0.357 e. The van der Waals surface area contributed by atoms with Crippen molar-refractivity contribution in [2.24, 2.45) is 10.9 Å². The highest BCUT2D eigenvalue weighted by atomic mass is 127. The van der Waals surface area contributed by atoms with Crippen LogP contribution in [-0.4, -0.2) is 54.9 Å². The Bertz CT molecular complexity index is 830. The fraction of sp³-hybridized carbons (Fsp3) is 0.522. The van der Waals surface area contributed by atoms with Gasteiger partial charge in [-0.1, -0.05) is 24.8 Å². The van der Waals surface area contributed by atoms with Crippen molar-refractivity contribution in [3.63, 3.8) is 0 Å². The predicted octanol–water partition coefficient (Wildman–Crippen LogP) is 2.57. The smallest absolute Gasteiger partial charge is 0.246 e. The number of anilines is 1. The van der Waals surface area contributed by atoms with Crippen LogP contribution in [0.2, 0.25) is 0 Å². The summed E-state index contributed by atoms with van der Waals surface area (Å²) in [6.07, 6.45) is 10.7. The molecule has 2 amide bonds. The van der Waals surface area contributed by atoms with Crippen LogP contribution in [0.5, 0.6) is 0 Å². The van der Waals surface area contributed by atoms with E-state index in [-0.39, 0.29) is 48.4 Å². The topological polar surface area (TPSA) is 85.8 Å². The fourth-order valence-corrected chi connectivity index (χ4v) is 4.06. The molecule has 0 radical (unpaired) electrons. The van der Waals surface area contributed by atoms with Crippen molar-refractivity contribution in [2.75, 3.05) is 31.5 Å². The van der Waals surface area contributed by atoms with Crippen molar-refractivity contribution in [3.05, 3.63) is 29.8 Å². The van der Waals surface area contributed by atoms with Crippen LogP contribution < -0.4 is 16.0 Å². The first-order chi connectivity index (χ1) is 14.6. The minimum atomic E-state index is -0.217. The van der Waals surface area contributed by atoms with Crippen LogP contribution >= 0.6 is 24.0 Å². The summed E-state index contributed by atoms with van der Waals surface area (Å²) in [6, 6.07) is 7.30. The normalized spacial score (nSPS) is 18.8. The molecule has 1 heterocycles. The third kappa shape index (κ3) is 7.42. The summed E-state index contributed by atoms with van der Waals surface area (Å²) in [6.45, 7) is 4.12. The molecular weight excluding hydrogens is 505 g/mol. The molecule has 1 saturated heterocycles. The lowest BCUT2D eigenvalue weighted by Gasteiger charge is -2.21. The summed E-state index contributed by atoms with van der Waals surface area (Å²) in [4.78, 5) is 31.3. The van der Waals surface area contributed by atoms with Gasteiger partial charge in [0, 0.05) is 42.8 Å². The Morgan fingerprint density at radius 3 is 2.74 bits per heavy atom. The number of amides is 2. The van der Waals surface area contributed by atoms with Gasteiger partial charge in [0.25, 0.3) is 0 Å². The van der Waals surface area contributed by atoms with Crippen LogP contribution in [0.1, 0.15) is 44.6 Å². The number of halogens is 1. The van der Waals surface area contributed by atoms with Gasteiger partial charge in [-0.25, -0.2) is 4.99 Å². The molecule has 0 spiro atoms. The lowest BCUT2D eigenvalue weighted by atomic mass is 10.1. The molecule has 1 aromatic rings. The van der Waals surface area contributed by atoms with Gasteiger partial charge < -0.3 is 20.9 Å². The Morgan fingerprint density at radius 1 is 1.26 bits per heavy atom. The maximum atomic E-state index is 12.6. The molecule has 2 aliphatic rings. The molecule has 1 aliphatic carbocycles. The SMILES string of the molecule is C#Cc1cccc(NC(=O)CN=C(NCC)NC2CCN(C(=O)C3CCCC3)C2)c1.I. The molecule has 1 aliphatic heterocycles. The summed E-state index contributed by atoms with van der Waals surface area (Å²) in [5, 5.41) is 9.35. The first-order valence-electron chi connectivity index (χ1n) is 10.8. The standard InChI is InChI=1S/C23H31N5O2.HI/c1-3-17-8-7-11-19(14-17)26-21(29)15-25-23(24-4-2)27-20-12-13-28(16-20)22(30)18-9-5-6-10-18;/h1,7-8,11,14,18,20H,4-6,9-10,12-13,15-16H2,2H3,(H,26,29)(H2,24,25,27);1H. The van der Waals surface area contributed by atoms with Crippen LogP contribution in [0.25, 0.3) is 0 Å². The van der Waals surface area contributed by atoms with Crippen LogP contribution in [0.15, 0.2) is 29.3 Å². The van der Waals surface area contributed by atoms with E-state index in [4.69, 9.17) is 6.42 Å². The number of likely N-dealkylation sites (tertiary alicyclic amines) is 1. The first-order valence-corrected chi connectivity index (χ1v) is 10.8. The highest BCUT2D eigenvalue weighted by Crippen LogP contribution is 2.27. The lowest BCUT2D eigenvalue weighted by Crippen LogP contribution is -2.45. The number of guanidine groups is 1. The Labute approximate surface area is 201 Å². The zero-order valence-corrected chi connectivity index (χ0v) is 20.4. The van der Waals surface area contributed by atoms with E-state index in [1.807, 2.05) is 17.9 Å². The van der Waals surface area contributed by atoms with Crippen LogP contribution in [0.4, 0.5) is 5.69 Å². The third-order valence-electron chi connectivity index (χ3n) is 5.58. The summed E-state index contributed by atoms with van der Waals surface area (Å²) in [7, 11) is 0. The highest BCUT2D eigenvalue weighted by Gasteiger charge is 2.32. The molecular formula is C23H32IN5O2. The summed E-state index contributed by atoms with van der Waals surface area (Å²) >= 11 is 0. The number of hydrogen-bond acceptors (Lipinski definition) is 3. The highest BCUT2D eigenvalue weighted by molar-refractivity contribution is 14.0. The van der Waals surface area contributed by atoms with Crippen molar-refractivity contribution in [3.8, 4) is 12.3 Å². The van der Waals surface area contributed by atoms with Gasteiger partial charge in [0.1, 0.15) is 6.54 Å². The van der Waals surface area contributed by atoms with E-state index in [9.17, 15) is 9.59 Å². The summed E-state index contributed by atoms with van der Waals surface area (Å²) in [5.41, 5.74) is 1.37. The Morgan fingerprint density at radius 2 is 2.03 bits per heavy atom. The molecule has 1 atom stereocenters. The quantitative estimate of drug-likeness (QED) is 0.226. The molecule has 1 saturated carbocycles. The number of hydrogen-bond donors (Lipinski definition) is 3. The van der Waals surface area contributed by atoms with Crippen molar-refractivity contribution < 1.29 is 9.59 Å². The number of rotatable bonds is 6. The molecule has 1 aromatic carbocycles. The van der Waals surface area contributed by atoms with Gasteiger partial charge in [-0.2, -0.15) is 0 Å². The fourth-order valence-electron chi connectivity index (χ4n) is 4.06. The van der Waals surface area contributed by atoms with E-state index in [2.05, 4.69) is 26.9 Å². The zero-order chi connectivity index (χ0) is 21.3. The van der Waals surface area contributed by atoms with E-state index in [1.165, 1.54) is 0 Å². The van der Waals surface area contributed by atoms with Crippen molar-refractivity contribution in [2.45, 2.75) is 45.1 Å². The number of nitrogens with one attached hydrogen (secondary N) is 3. The average Bonchev–Trinajstić information content (AvgIpc) is 3.44. The van der Waals surface area contributed by atoms with Gasteiger partial charge in [-0.05, 0) is 44.4 Å². The van der Waals surface area contributed by atoms with Crippen LogP contribution in [-0.2, 0) is 9.59 Å². The Kier molecular flexibility index (Phi) is 10.1. The van der Waals surface area contributed by atoms with Gasteiger partial charge in [0.2, 0.25) is 11.8 Å². The molecule has 31 heavy (non-hydrogen) atoms. The average molecular weight is 537 g/mol. The van der Waals surface area contributed by atoms with E-state index < -0.39 is 0 Å². The molecule has 0 aromatic heterocycles. The monoisotopic (exact) mass is 537 g/mol. The number of nitrogens with zero attached hydrogens (tertiary/aromatic N) is 2. The molecule has 3 N–H and O–H groups in total. The number of terminal acetylenes is 1. The van der Waals surface area contributed by atoms with E-state index in [0.717, 1.165) is 38.6 Å². The van der Waals surface area contributed by atoms with Crippen molar-refractivity contribution in [1.29, 1.82) is 0 Å². The molecule has 1 unspecified atom stereocenters. The predicted molar refractivity (Wildman–Crippen MR) is 134 cm³/mol. The summed E-state index contributed by atoms with van der Waals surface area (Å²) in [5.74, 6) is 3.43. The van der Waals surface area contributed by atoms with E-state index in [1.54, 1.807) is 18.2 Å². The minimum Gasteiger partial charge on any atom is -0.357 e. The van der Waals surface area contributed by atoms with Crippen LogP contribution in [0, 0.1) is 18.3 Å².